The average molecular weight is 140 g/mol. The summed E-state index contributed by atoms with van der Waals surface area (Å²) in [5.41, 5.74) is 0. The zero-order valence-electron chi connectivity index (χ0n) is 6.67. The second kappa shape index (κ2) is 1.87. The molecule has 0 saturated carbocycles. The predicted molar refractivity (Wildman–Crippen MR) is 40.3 cm³/mol. The van der Waals surface area contributed by atoms with Crippen LogP contribution in [-0.4, -0.2) is 60.6 Å². The largest absolute Gasteiger partial charge is 0.350 e. The summed E-state index contributed by atoms with van der Waals surface area (Å²) >= 11 is 0. The fourth-order valence-corrected chi connectivity index (χ4v) is 1.83. The standard InChI is InChI=1S/C7H14N3/c1-8-3-5-10-6-4-9(2)7(8)10/h3-6H2,1-2H3/q+1. The van der Waals surface area contributed by atoms with Crippen molar-refractivity contribution in [1.82, 2.24) is 9.80 Å². The summed E-state index contributed by atoms with van der Waals surface area (Å²) in [5.74, 6) is 1.42. The summed E-state index contributed by atoms with van der Waals surface area (Å²) in [6.07, 6.45) is 0. The molecule has 0 unspecified atom stereocenters. The summed E-state index contributed by atoms with van der Waals surface area (Å²) in [6, 6.07) is 0. The Morgan fingerprint density at radius 1 is 1.30 bits per heavy atom. The van der Waals surface area contributed by atoms with Crippen LogP contribution in [0.2, 0.25) is 0 Å². The van der Waals surface area contributed by atoms with Gasteiger partial charge in [0.1, 0.15) is 0 Å². The summed E-state index contributed by atoms with van der Waals surface area (Å²) in [5, 5.41) is 0. The number of likely N-dealkylation sites (N-methyl/N-ethyl adjacent to an activating group) is 2. The van der Waals surface area contributed by atoms with E-state index in [4.69, 9.17) is 0 Å². The Morgan fingerprint density at radius 3 is 2.80 bits per heavy atom. The Balaban J connectivity index is 2.31. The van der Waals surface area contributed by atoms with E-state index in [1.165, 1.54) is 32.1 Å². The third-order valence-corrected chi connectivity index (χ3v) is 2.38. The minimum absolute atomic E-state index is 1.19. The summed E-state index contributed by atoms with van der Waals surface area (Å²) in [7, 11) is 4.33. The highest BCUT2D eigenvalue weighted by atomic mass is 15.5. The predicted octanol–water partition coefficient (Wildman–Crippen LogP) is -0.754. The lowest BCUT2D eigenvalue weighted by Crippen LogP contribution is -2.30. The molecule has 1 saturated heterocycles. The van der Waals surface area contributed by atoms with Crippen LogP contribution in [0.15, 0.2) is 0 Å². The minimum Gasteiger partial charge on any atom is -0.264 e. The maximum absolute atomic E-state index is 2.44. The van der Waals surface area contributed by atoms with Crippen molar-refractivity contribution < 1.29 is 4.58 Å². The first-order valence-corrected chi connectivity index (χ1v) is 3.83. The normalized spacial score (nSPS) is 24.6. The number of rotatable bonds is 0. The molecule has 10 heavy (non-hydrogen) atoms. The molecule has 0 N–H and O–H groups in total. The topological polar surface area (TPSA) is 9.49 Å². The van der Waals surface area contributed by atoms with Gasteiger partial charge in [0.05, 0.1) is 40.3 Å². The summed E-state index contributed by atoms with van der Waals surface area (Å²) in [6.45, 7) is 4.83. The van der Waals surface area contributed by atoms with Gasteiger partial charge in [-0.25, -0.2) is 0 Å². The molecule has 0 amide bonds. The van der Waals surface area contributed by atoms with E-state index in [0.29, 0.717) is 0 Å². The molecule has 2 aliphatic rings. The molecule has 0 atom stereocenters. The van der Waals surface area contributed by atoms with Crippen molar-refractivity contribution in [3.8, 4) is 0 Å². The van der Waals surface area contributed by atoms with E-state index < -0.39 is 0 Å². The monoisotopic (exact) mass is 140 g/mol. The highest BCUT2D eigenvalue weighted by Crippen LogP contribution is 2.09. The zero-order chi connectivity index (χ0) is 7.14. The first kappa shape index (κ1) is 6.01. The van der Waals surface area contributed by atoms with Crippen molar-refractivity contribution in [2.45, 2.75) is 0 Å². The van der Waals surface area contributed by atoms with Gasteiger partial charge in [-0.2, -0.15) is 0 Å². The molecule has 56 valence electrons. The van der Waals surface area contributed by atoms with Gasteiger partial charge in [0, 0.05) is 0 Å². The number of fused-ring (bicyclic) bond motifs is 1. The van der Waals surface area contributed by atoms with Crippen LogP contribution in [0, 0.1) is 0 Å². The highest BCUT2D eigenvalue weighted by molar-refractivity contribution is 5.77. The van der Waals surface area contributed by atoms with Gasteiger partial charge in [-0.15, -0.1) is 0 Å². The maximum Gasteiger partial charge on any atom is 0.350 e. The van der Waals surface area contributed by atoms with Gasteiger partial charge in [-0.3, -0.25) is 14.4 Å². The van der Waals surface area contributed by atoms with Crippen molar-refractivity contribution >= 4 is 5.96 Å². The molecular formula is C7H14N3+. The van der Waals surface area contributed by atoms with Crippen LogP contribution in [0.4, 0.5) is 0 Å². The molecule has 1 fully saturated rings. The Hall–Kier alpha value is -0.730. The molecular weight excluding hydrogens is 126 g/mol. The van der Waals surface area contributed by atoms with Crippen LogP contribution in [0.5, 0.6) is 0 Å². The molecule has 0 aromatic heterocycles. The van der Waals surface area contributed by atoms with Crippen LogP contribution < -0.4 is 0 Å². The first-order valence-electron chi connectivity index (χ1n) is 3.83. The SMILES string of the molecule is CN1CCN2CC[N+](C)=C12. The fraction of sp³-hybridized carbons (Fsp3) is 0.857. The van der Waals surface area contributed by atoms with E-state index in [2.05, 4.69) is 28.5 Å². The lowest BCUT2D eigenvalue weighted by atomic mass is 10.5. The van der Waals surface area contributed by atoms with Gasteiger partial charge < -0.3 is 0 Å². The molecule has 3 heteroatoms. The van der Waals surface area contributed by atoms with Gasteiger partial charge in [0.2, 0.25) is 0 Å². The van der Waals surface area contributed by atoms with Crippen LogP contribution in [0.3, 0.4) is 0 Å². The van der Waals surface area contributed by atoms with Crippen molar-refractivity contribution in [2.24, 2.45) is 0 Å². The highest BCUT2D eigenvalue weighted by Gasteiger charge is 2.36. The first-order chi connectivity index (χ1) is 4.79. The molecule has 0 aliphatic carbocycles. The Bertz CT molecular complexity index is 185. The summed E-state index contributed by atoms with van der Waals surface area (Å²) < 4.78 is 2.33. The molecule has 0 bridgehead atoms. The Kier molecular flexibility index (Phi) is 1.13. The van der Waals surface area contributed by atoms with Crippen LogP contribution >= 0.6 is 0 Å². The molecule has 0 aromatic rings. The van der Waals surface area contributed by atoms with Crippen LogP contribution in [-0.2, 0) is 0 Å². The van der Waals surface area contributed by atoms with E-state index >= 15 is 0 Å². The number of hydrogen-bond donors (Lipinski definition) is 0. The van der Waals surface area contributed by atoms with E-state index in [-0.39, 0.29) is 0 Å². The minimum atomic E-state index is 1.19. The number of guanidine groups is 1. The third-order valence-electron chi connectivity index (χ3n) is 2.38. The molecule has 3 nitrogen and oxygen atoms in total. The summed E-state index contributed by atoms with van der Waals surface area (Å²) in [4.78, 5) is 4.77. The molecule has 2 heterocycles. The van der Waals surface area contributed by atoms with Gasteiger partial charge >= 0.3 is 5.96 Å². The smallest absolute Gasteiger partial charge is 0.264 e. The second-order valence-corrected chi connectivity index (χ2v) is 3.13. The lowest BCUT2D eigenvalue weighted by molar-refractivity contribution is -0.491. The number of nitrogens with zero attached hydrogens (tertiary/aromatic N) is 3. The zero-order valence-corrected chi connectivity index (χ0v) is 6.67. The van der Waals surface area contributed by atoms with Gasteiger partial charge in [-0.1, -0.05) is 0 Å². The fourth-order valence-electron chi connectivity index (χ4n) is 1.83. The molecule has 2 aliphatic heterocycles. The van der Waals surface area contributed by atoms with Crippen molar-refractivity contribution in [3.63, 3.8) is 0 Å². The quantitative estimate of drug-likeness (QED) is 0.409. The van der Waals surface area contributed by atoms with E-state index in [0.717, 1.165) is 0 Å². The lowest BCUT2D eigenvalue weighted by Gasteiger charge is -2.05. The van der Waals surface area contributed by atoms with Gasteiger partial charge in [0.15, 0.2) is 0 Å². The van der Waals surface area contributed by atoms with E-state index in [1.807, 2.05) is 0 Å². The van der Waals surface area contributed by atoms with Crippen molar-refractivity contribution in [3.05, 3.63) is 0 Å². The Labute approximate surface area is 61.5 Å². The van der Waals surface area contributed by atoms with E-state index in [1.54, 1.807) is 0 Å². The average Bonchev–Trinajstić information content (AvgIpc) is 2.40. The Morgan fingerprint density at radius 2 is 2.10 bits per heavy atom. The van der Waals surface area contributed by atoms with Crippen molar-refractivity contribution in [1.29, 1.82) is 0 Å². The molecule has 0 spiro atoms. The van der Waals surface area contributed by atoms with Gasteiger partial charge in [0.25, 0.3) is 0 Å². The molecule has 2 rings (SSSR count). The van der Waals surface area contributed by atoms with Gasteiger partial charge in [-0.05, 0) is 0 Å². The maximum atomic E-state index is 2.44. The van der Waals surface area contributed by atoms with Crippen LogP contribution in [0.25, 0.3) is 0 Å². The van der Waals surface area contributed by atoms with Crippen LogP contribution in [0.1, 0.15) is 0 Å². The molecule has 0 aromatic carbocycles. The van der Waals surface area contributed by atoms with E-state index in [9.17, 15) is 0 Å². The third kappa shape index (κ3) is 0.632. The second-order valence-electron chi connectivity index (χ2n) is 3.13. The molecule has 0 radical (unpaired) electrons. The number of hydrogen-bond acceptors (Lipinski definition) is 2. The van der Waals surface area contributed by atoms with Crippen molar-refractivity contribution in [2.75, 3.05) is 40.3 Å².